The van der Waals surface area contributed by atoms with Gasteiger partial charge in [0.05, 0.1) is 18.4 Å². The van der Waals surface area contributed by atoms with E-state index in [2.05, 4.69) is 0 Å². The first kappa shape index (κ1) is 18.5. The van der Waals surface area contributed by atoms with Crippen LogP contribution in [0, 0.1) is 20.8 Å². The van der Waals surface area contributed by atoms with Crippen LogP contribution in [0.5, 0.6) is 17.2 Å². The third-order valence-corrected chi connectivity index (χ3v) is 4.38. The summed E-state index contributed by atoms with van der Waals surface area (Å²) in [6, 6.07) is 8.70. The number of benzene rings is 2. The number of aryl methyl sites for hydroxylation is 2. The highest BCUT2D eigenvalue weighted by Crippen LogP contribution is 2.30. The molecule has 0 saturated heterocycles. The molecule has 0 bridgehead atoms. The van der Waals surface area contributed by atoms with Crippen molar-refractivity contribution in [3.05, 3.63) is 63.5 Å². The number of carboxylic acids is 1. The number of ether oxygens (including phenoxy) is 2. The van der Waals surface area contributed by atoms with Gasteiger partial charge in [-0.3, -0.25) is 9.59 Å². The smallest absolute Gasteiger partial charge is 0.306 e. The molecular formula is C21H20O6. The Balaban J connectivity index is 1.91. The highest BCUT2D eigenvalue weighted by Gasteiger charge is 2.14. The fourth-order valence-electron chi connectivity index (χ4n) is 2.70. The molecule has 27 heavy (non-hydrogen) atoms. The Labute approximate surface area is 156 Å². The predicted molar refractivity (Wildman–Crippen MR) is 101 cm³/mol. The third-order valence-electron chi connectivity index (χ3n) is 4.38. The number of carbonyl (C=O) groups is 1. The minimum absolute atomic E-state index is 0.0399. The van der Waals surface area contributed by atoms with Gasteiger partial charge < -0.3 is 19.0 Å². The highest BCUT2D eigenvalue weighted by atomic mass is 16.5. The topological polar surface area (TPSA) is 86.0 Å². The Bertz CT molecular complexity index is 1060. The number of fused-ring (bicyclic) bond motifs is 1. The first-order chi connectivity index (χ1) is 12.9. The van der Waals surface area contributed by atoms with Crippen molar-refractivity contribution in [1.82, 2.24) is 0 Å². The Kier molecular flexibility index (Phi) is 5.16. The molecule has 3 aromatic rings. The quantitative estimate of drug-likeness (QED) is 0.695. The second-order valence-electron chi connectivity index (χ2n) is 6.33. The van der Waals surface area contributed by atoms with Gasteiger partial charge in [0.2, 0.25) is 11.2 Å². The van der Waals surface area contributed by atoms with Crippen molar-refractivity contribution in [2.24, 2.45) is 0 Å². The normalized spacial score (nSPS) is 10.8. The number of rotatable bonds is 6. The van der Waals surface area contributed by atoms with E-state index < -0.39 is 5.97 Å². The number of aliphatic carboxylic acids is 1. The van der Waals surface area contributed by atoms with E-state index in [1.54, 1.807) is 18.2 Å². The van der Waals surface area contributed by atoms with Crippen molar-refractivity contribution in [3.8, 4) is 17.2 Å². The van der Waals surface area contributed by atoms with Crippen LogP contribution in [0.1, 0.15) is 23.1 Å². The lowest BCUT2D eigenvalue weighted by Gasteiger charge is -2.13. The van der Waals surface area contributed by atoms with Crippen molar-refractivity contribution in [1.29, 1.82) is 0 Å². The van der Waals surface area contributed by atoms with Crippen LogP contribution in [0.15, 0.2) is 45.8 Å². The van der Waals surface area contributed by atoms with E-state index in [1.807, 2.05) is 32.9 Å². The fourth-order valence-corrected chi connectivity index (χ4v) is 2.70. The van der Waals surface area contributed by atoms with Crippen LogP contribution in [-0.4, -0.2) is 17.7 Å². The minimum atomic E-state index is -0.939. The zero-order chi connectivity index (χ0) is 19.6. The summed E-state index contributed by atoms with van der Waals surface area (Å²) in [6.45, 7) is 5.89. The van der Waals surface area contributed by atoms with Gasteiger partial charge in [-0.15, -0.1) is 0 Å². The predicted octanol–water partition coefficient (Wildman–Crippen LogP) is 4.36. The van der Waals surface area contributed by atoms with Gasteiger partial charge in [0.1, 0.15) is 23.3 Å². The highest BCUT2D eigenvalue weighted by molar-refractivity contribution is 5.79. The average molecular weight is 368 g/mol. The second-order valence-corrected chi connectivity index (χ2v) is 6.33. The summed E-state index contributed by atoms with van der Waals surface area (Å²) in [5.41, 5.74) is 3.03. The van der Waals surface area contributed by atoms with Crippen LogP contribution in [-0.2, 0) is 4.79 Å². The molecule has 0 aliphatic rings. The first-order valence-electron chi connectivity index (χ1n) is 8.51. The van der Waals surface area contributed by atoms with Crippen LogP contribution in [0.2, 0.25) is 0 Å². The molecule has 0 aliphatic heterocycles. The van der Waals surface area contributed by atoms with Crippen LogP contribution >= 0.6 is 0 Å². The molecule has 0 radical (unpaired) electrons. The van der Waals surface area contributed by atoms with Gasteiger partial charge in [0.25, 0.3) is 0 Å². The maximum atomic E-state index is 12.8. The van der Waals surface area contributed by atoms with Crippen LogP contribution in [0.25, 0.3) is 11.0 Å². The molecule has 0 saturated carbocycles. The molecule has 1 heterocycles. The minimum Gasteiger partial charge on any atom is -0.493 e. The van der Waals surface area contributed by atoms with Gasteiger partial charge in [-0.25, -0.2) is 0 Å². The zero-order valence-electron chi connectivity index (χ0n) is 15.4. The van der Waals surface area contributed by atoms with Crippen LogP contribution in [0.3, 0.4) is 0 Å². The molecule has 140 valence electrons. The molecule has 1 aromatic heterocycles. The molecule has 0 aliphatic carbocycles. The van der Waals surface area contributed by atoms with Gasteiger partial charge in [-0.1, -0.05) is 12.1 Å². The van der Waals surface area contributed by atoms with Gasteiger partial charge in [-0.05, 0) is 49.6 Å². The zero-order valence-corrected chi connectivity index (χ0v) is 15.4. The van der Waals surface area contributed by atoms with Gasteiger partial charge in [-0.2, -0.15) is 0 Å². The first-order valence-corrected chi connectivity index (χ1v) is 8.51. The van der Waals surface area contributed by atoms with Crippen LogP contribution in [0.4, 0.5) is 0 Å². The summed E-state index contributed by atoms with van der Waals surface area (Å²) < 4.78 is 16.8. The molecule has 6 nitrogen and oxygen atoms in total. The van der Waals surface area contributed by atoms with E-state index in [1.165, 1.54) is 6.26 Å². The Morgan fingerprint density at radius 2 is 1.85 bits per heavy atom. The van der Waals surface area contributed by atoms with E-state index in [0.717, 1.165) is 16.7 Å². The van der Waals surface area contributed by atoms with E-state index >= 15 is 0 Å². The molecule has 0 amide bonds. The Hall–Kier alpha value is -3.28. The van der Waals surface area contributed by atoms with Crippen molar-refractivity contribution in [2.45, 2.75) is 27.2 Å². The molecule has 2 aromatic carbocycles. The molecule has 6 heteroatoms. The van der Waals surface area contributed by atoms with E-state index in [9.17, 15) is 9.59 Å². The maximum Gasteiger partial charge on any atom is 0.306 e. The molecule has 0 unspecified atom stereocenters. The lowest BCUT2D eigenvalue weighted by atomic mass is 10.1. The number of hydrogen-bond acceptors (Lipinski definition) is 5. The Morgan fingerprint density at radius 3 is 2.59 bits per heavy atom. The average Bonchev–Trinajstić information content (AvgIpc) is 2.63. The lowest BCUT2D eigenvalue weighted by molar-refractivity contribution is -0.137. The molecule has 0 fully saturated rings. The summed E-state index contributed by atoms with van der Waals surface area (Å²) in [5.74, 6) is 0.255. The largest absolute Gasteiger partial charge is 0.493 e. The monoisotopic (exact) mass is 368 g/mol. The summed E-state index contributed by atoms with van der Waals surface area (Å²) in [5, 5.41) is 9.02. The standard InChI is InChI=1S/C21H20O6/c1-12-4-5-13(2)21(14(12)3)27-18-11-26-17-10-15(25-9-8-19(22)23)6-7-16(17)20(18)24/h4-7,10-11H,8-9H2,1-3H3,(H,22,23). The molecule has 0 atom stereocenters. The van der Waals surface area contributed by atoms with E-state index in [-0.39, 0.29) is 24.2 Å². The van der Waals surface area contributed by atoms with Crippen LogP contribution < -0.4 is 14.9 Å². The lowest BCUT2D eigenvalue weighted by Crippen LogP contribution is -2.07. The summed E-state index contributed by atoms with van der Waals surface area (Å²) >= 11 is 0. The summed E-state index contributed by atoms with van der Waals surface area (Å²) in [4.78, 5) is 23.3. The van der Waals surface area contributed by atoms with Crippen molar-refractivity contribution in [2.75, 3.05) is 6.61 Å². The van der Waals surface area contributed by atoms with Gasteiger partial charge in [0.15, 0.2) is 0 Å². The van der Waals surface area contributed by atoms with Crippen molar-refractivity contribution < 1.29 is 23.8 Å². The maximum absolute atomic E-state index is 12.8. The van der Waals surface area contributed by atoms with Crippen molar-refractivity contribution in [3.63, 3.8) is 0 Å². The Morgan fingerprint density at radius 1 is 1.11 bits per heavy atom. The summed E-state index contributed by atoms with van der Waals surface area (Å²) in [6.07, 6.45) is 1.18. The van der Waals surface area contributed by atoms with E-state index in [4.69, 9.17) is 19.0 Å². The van der Waals surface area contributed by atoms with Crippen molar-refractivity contribution >= 4 is 16.9 Å². The number of hydrogen-bond donors (Lipinski definition) is 1. The van der Waals surface area contributed by atoms with Gasteiger partial charge >= 0.3 is 5.97 Å². The van der Waals surface area contributed by atoms with Gasteiger partial charge in [0, 0.05) is 6.07 Å². The third kappa shape index (κ3) is 3.95. The fraction of sp³-hybridized carbons (Fsp3) is 0.238. The number of carboxylic acid groups (broad SMARTS) is 1. The second kappa shape index (κ2) is 7.53. The molecule has 1 N–H and O–H groups in total. The SMILES string of the molecule is Cc1ccc(C)c(Oc2coc3cc(OCCC(=O)O)ccc3c2=O)c1C. The molecule has 3 rings (SSSR count). The summed E-state index contributed by atoms with van der Waals surface area (Å²) in [7, 11) is 0. The molecule has 0 spiro atoms. The van der Waals surface area contributed by atoms with E-state index in [0.29, 0.717) is 22.5 Å². The molecular weight excluding hydrogens is 348 g/mol.